The van der Waals surface area contributed by atoms with Crippen LogP contribution in [0, 0.1) is 5.92 Å². The minimum absolute atomic E-state index is 0.0930. The van der Waals surface area contributed by atoms with Crippen molar-refractivity contribution in [2.45, 2.75) is 45.4 Å². The number of hydrogen-bond acceptors (Lipinski definition) is 4. The smallest absolute Gasteiger partial charge is 0.309 e. The van der Waals surface area contributed by atoms with Gasteiger partial charge in [-0.2, -0.15) is 0 Å². The largest absolute Gasteiger partial charge is 0.466 e. The second-order valence-corrected chi connectivity index (χ2v) is 6.24. The van der Waals surface area contributed by atoms with E-state index in [0.717, 1.165) is 17.7 Å². The number of hydrogen-bond donors (Lipinski definition) is 0. The number of nitrogens with zero attached hydrogens (tertiary/aromatic N) is 2. The summed E-state index contributed by atoms with van der Waals surface area (Å²) >= 11 is 6.21. The molecule has 2 atom stereocenters. The summed E-state index contributed by atoms with van der Waals surface area (Å²) < 4.78 is 5.06. The molecule has 1 fully saturated rings. The number of ether oxygens (including phenoxy) is 1. The van der Waals surface area contributed by atoms with E-state index in [1.54, 1.807) is 0 Å². The minimum atomic E-state index is -0.146. The molecule has 5 heteroatoms. The van der Waals surface area contributed by atoms with Crippen LogP contribution in [0.15, 0.2) is 6.33 Å². The summed E-state index contributed by atoms with van der Waals surface area (Å²) in [4.78, 5) is 20.2. The van der Waals surface area contributed by atoms with Gasteiger partial charge in [-0.25, -0.2) is 9.97 Å². The Morgan fingerprint density at radius 3 is 2.74 bits per heavy atom. The van der Waals surface area contributed by atoms with E-state index in [1.165, 1.54) is 6.33 Å². The highest BCUT2D eigenvalue weighted by atomic mass is 35.5. The second kappa shape index (κ2) is 5.08. The third-order valence-electron chi connectivity index (χ3n) is 3.30. The Kier molecular flexibility index (Phi) is 3.81. The molecule has 0 saturated heterocycles. The molecule has 0 bridgehead atoms. The average Bonchev–Trinajstić information content (AvgIpc) is 3.07. The van der Waals surface area contributed by atoms with Crippen molar-refractivity contribution in [3.8, 4) is 0 Å². The van der Waals surface area contributed by atoms with Crippen molar-refractivity contribution in [2.24, 2.45) is 5.92 Å². The van der Waals surface area contributed by atoms with Crippen molar-refractivity contribution >= 4 is 17.6 Å². The first-order valence-electron chi connectivity index (χ1n) is 6.53. The number of carbonyl (C=O) groups is 1. The Labute approximate surface area is 118 Å². The molecule has 19 heavy (non-hydrogen) atoms. The van der Waals surface area contributed by atoms with E-state index < -0.39 is 0 Å². The van der Waals surface area contributed by atoms with Crippen LogP contribution in [0.1, 0.15) is 51.3 Å². The number of aromatic nitrogens is 2. The molecule has 0 amide bonds. The maximum absolute atomic E-state index is 11.8. The van der Waals surface area contributed by atoms with Crippen molar-refractivity contribution in [3.63, 3.8) is 0 Å². The Morgan fingerprint density at radius 2 is 2.16 bits per heavy atom. The monoisotopic (exact) mass is 282 g/mol. The van der Waals surface area contributed by atoms with E-state index in [-0.39, 0.29) is 23.2 Å². The van der Waals surface area contributed by atoms with Gasteiger partial charge in [-0.05, 0) is 13.3 Å². The Morgan fingerprint density at radius 1 is 1.47 bits per heavy atom. The van der Waals surface area contributed by atoms with E-state index in [9.17, 15) is 4.79 Å². The number of esters is 1. The molecule has 2 rings (SSSR count). The van der Waals surface area contributed by atoms with E-state index in [0.29, 0.717) is 11.8 Å². The summed E-state index contributed by atoms with van der Waals surface area (Å²) in [7, 11) is 0. The van der Waals surface area contributed by atoms with Gasteiger partial charge >= 0.3 is 5.97 Å². The van der Waals surface area contributed by atoms with Crippen LogP contribution in [0.2, 0.25) is 5.15 Å². The molecule has 1 saturated carbocycles. The number of halogens is 1. The van der Waals surface area contributed by atoms with Crippen molar-refractivity contribution < 1.29 is 9.53 Å². The van der Waals surface area contributed by atoms with Gasteiger partial charge in [0.05, 0.1) is 18.2 Å². The van der Waals surface area contributed by atoms with E-state index in [4.69, 9.17) is 16.3 Å². The molecule has 1 aliphatic rings. The zero-order valence-corrected chi connectivity index (χ0v) is 12.5. The van der Waals surface area contributed by atoms with Crippen molar-refractivity contribution in [3.05, 3.63) is 22.7 Å². The third-order valence-corrected chi connectivity index (χ3v) is 3.60. The topological polar surface area (TPSA) is 52.1 Å². The summed E-state index contributed by atoms with van der Waals surface area (Å²) in [5.41, 5.74) is 1.71. The summed E-state index contributed by atoms with van der Waals surface area (Å²) in [6.45, 7) is 8.46. The molecular formula is C14H19ClN2O2. The summed E-state index contributed by atoms with van der Waals surface area (Å²) in [5.74, 6) is -0.140. The molecule has 104 valence electrons. The van der Waals surface area contributed by atoms with E-state index >= 15 is 0 Å². The fourth-order valence-corrected chi connectivity index (χ4v) is 2.60. The molecule has 0 N–H and O–H groups in total. The van der Waals surface area contributed by atoms with Crippen LogP contribution < -0.4 is 0 Å². The number of rotatable bonds is 3. The lowest BCUT2D eigenvalue weighted by molar-refractivity contribution is -0.144. The van der Waals surface area contributed by atoms with Gasteiger partial charge in [0.15, 0.2) is 0 Å². The van der Waals surface area contributed by atoms with Crippen LogP contribution in [-0.4, -0.2) is 22.5 Å². The lowest BCUT2D eigenvalue weighted by Gasteiger charge is -2.21. The molecule has 1 aromatic heterocycles. The van der Waals surface area contributed by atoms with E-state index in [2.05, 4.69) is 30.7 Å². The van der Waals surface area contributed by atoms with Gasteiger partial charge in [-0.1, -0.05) is 32.4 Å². The zero-order chi connectivity index (χ0) is 14.2. The first-order valence-corrected chi connectivity index (χ1v) is 6.91. The predicted molar refractivity (Wildman–Crippen MR) is 73.2 cm³/mol. The minimum Gasteiger partial charge on any atom is -0.466 e. The van der Waals surface area contributed by atoms with Crippen LogP contribution in [0.3, 0.4) is 0 Å². The molecule has 0 aliphatic heterocycles. The van der Waals surface area contributed by atoms with Gasteiger partial charge in [0, 0.05) is 16.9 Å². The van der Waals surface area contributed by atoms with Gasteiger partial charge in [-0.3, -0.25) is 4.79 Å². The maximum atomic E-state index is 11.8. The SMILES string of the molecule is CCOC(=O)C1CC1c1c(Cl)ncnc1C(C)(C)C. The lowest BCUT2D eigenvalue weighted by Crippen LogP contribution is -2.18. The molecule has 4 nitrogen and oxygen atoms in total. The molecule has 1 aromatic rings. The van der Waals surface area contributed by atoms with Gasteiger partial charge in [-0.15, -0.1) is 0 Å². The summed E-state index contributed by atoms with van der Waals surface area (Å²) in [5, 5.41) is 0.455. The average molecular weight is 283 g/mol. The third kappa shape index (κ3) is 2.89. The van der Waals surface area contributed by atoms with Crippen LogP contribution in [0.5, 0.6) is 0 Å². The van der Waals surface area contributed by atoms with Crippen LogP contribution in [0.4, 0.5) is 0 Å². The van der Waals surface area contributed by atoms with E-state index in [1.807, 2.05) is 6.92 Å². The maximum Gasteiger partial charge on any atom is 0.309 e. The molecule has 0 spiro atoms. The zero-order valence-electron chi connectivity index (χ0n) is 11.7. The van der Waals surface area contributed by atoms with Gasteiger partial charge < -0.3 is 4.74 Å². The normalized spacial score (nSPS) is 22.2. The highest BCUT2D eigenvalue weighted by molar-refractivity contribution is 6.30. The van der Waals surface area contributed by atoms with Crippen LogP contribution in [-0.2, 0) is 14.9 Å². The Hall–Kier alpha value is -1.16. The van der Waals surface area contributed by atoms with Gasteiger partial charge in [0.1, 0.15) is 11.5 Å². The highest BCUT2D eigenvalue weighted by Crippen LogP contribution is 2.52. The van der Waals surface area contributed by atoms with Crippen molar-refractivity contribution in [1.82, 2.24) is 9.97 Å². The Bertz CT molecular complexity index is 497. The molecular weight excluding hydrogens is 264 g/mol. The second-order valence-electron chi connectivity index (χ2n) is 5.88. The van der Waals surface area contributed by atoms with Gasteiger partial charge in [0.2, 0.25) is 0 Å². The van der Waals surface area contributed by atoms with Crippen LogP contribution >= 0.6 is 11.6 Å². The molecule has 1 aliphatic carbocycles. The fourth-order valence-electron chi connectivity index (χ4n) is 2.32. The molecule has 0 aromatic carbocycles. The quantitative estimate of drug-likeness (QED) is 0.631. The van der Waals surface area contributed by atoms with Crippen molar-refractivity contribution in [2.75, 3.05) is 6.61 Å². The first kappa shape index (κ1) is 14.3. The van der Waals surface area contributed by atoms with Crippen molar-refractivity contribution in [1.29, 1.82) is 0 Å². The standard InChI is InChI=1S/C14H19ClN2O2/c1-5-19-13(18)9-6-8(9)10-11(14(2,3)4)16-7-17-12(10)15/h7-9H,5-6H2,1-4H3. The van der Waals surface area contributed by atoms with Gasteiger partial charge in [0.25, 0.3) is 0 Å². The molecule has 0 radical (unpaired) electrons. The van der Waals surface area contributed by atoms with Crippen LogP contribution in [0.25, 0.3) is 0 Å². The highest BCUT2D eigenvalue weighted by Gasteiger charge is 2.48. The number of carbonyl (C=O) groups excluding carboxylic acids is 1. The molecule has 1 heterocycles. The lowest BCUT2D eigenvalue weighted by atomic mass is 9.87. The molecule has 2 unspecified atom stereocenters. The summed E-state index contributed by atoms with van der Waals surface area (Å²) in [6, 6.07) is 0. The predicted octanol–water partition coefficient (Wildman–Crippen LogP) is 3.09. The first-order chi connectivity index (χ1) is 8.86. The Balaban J connectivity index is 2.30. The fraction of sp³-hybridized carbons (Fsp3) is 0.643. The summed E-state index contributed by atoms with van der Waals surface area (Å²) in [6.07, 6.45) is 2.25.